The number of halogens is 1. The number of ether oxygens (including phenoxy) is 1. The van der Waals surface area contributed by atoms with Gasteiger partial charge < -0.3 is 4.74 Å². The number of unbranched alkanes of at least 4 members (excludes halogenated alkanes) is 2. The first kappa shape index (κ1) is 12.8. The highest BCUT2D eigenvalue weighted by atomic mass is 35.5. The maximum Gasteiger partial charge on any atom is 0.123 e. The van der Waals surface area contributed by atoms with Gasteiger partial charge in [0.05, 0.1) is 5.38 Å². The minimum Gasteiger partial charge on any atom is -0.490 e. The summed E-state index contributed by atoms with van der Waals surface area (Å²) in [4.78, 5) is 0. The highest BCUT2D eigenvalue weighted by molar-refractivity contribution is 6.20. The van der Waals surface area contributed by atoms with Gasteiger partial charge >= 0.3 is 0 Å². The first-order valence-electron chi connectivity index (χ1n) is 6.64. The van der Waals surface area contributed by atoms with Gasteiger partial charge in [-0.1, -0.05) is 38.3 Å². The van der Waals surface area contributed by atoms with E-state index >= 15 is 0 Å². The largest absolute Gasteiger partial charge is 0.490 e. The summed E-state index contributed by atoms with van der Waals surface area (Å²) >= 11 is 6.44. The van der Waals surface area contributed by atoms with Crippen molar-refractivity contribution in [3.05, 3.63) is 29.3 Å². The summed E-state index contributed by atoms with van der Waals surface area (Å²) in [7, 11) is 0. The van der Waals surface area contributed by atoms with E-state index in [4.69, 9.17) is 16.3 Å². The average Bonchev–Trinajstić information content (AvgIpc) is 2.68. The van der Waals surface area contributed by atoms with Crippen molar-refractivity contribution in [1.82, 2.24) is 0 Å². The molecule has 1 aromatic carbocycles. The van der Waals surface area contributed by atoms with Gasteiger partial charge in [0.25, 0.3) is 0 Å². The van der Waals surface area contributed by atoms with Gasteiger partial charge in [0.1, 0.15) is 11.9 Å². The number of hydrogen-bond donors (Lipinski definition) is 0. The van der Waals surface area contributed by atoms with Crippen LogP contribution in [-0.2, 0) is 6.42 Å². The van der Waals surface area contributed by atoms with Crippen molar-refractivity contribution in [2.75, 3.05) is 0 Å². The van der Waals surface area contributed by atoms with Crippen LogP contribution in [0.1, 0.15) is 56.0 Å². The maximum absolute atomic E-state index is 6.44. The lowest BCUT2D eigenvalue weighted by Crippen LogP contribution is -2.05. The van der Waals surface area contributed by atoms with Gasteiger partial charge in [0.15, 0.2) is 0 Å². The molecule has 0 aromatic heterocycles. The van der Waals surface area contributed by atoms with Crippen LogP contribution in [0.4, 0.5) is 0 Å². The third-order valence-electron chi connectivity index (χ3n) is 3.34. The molecule has 2 heteroatoms. The molecule has 1 aliphatic heterocycles. The minimum atomic E-state index is 0.155. The monoisotopic (exact) mass is 252 g/mol. The Labute approximate surface area is 109 Å². The Balaban J connectivity index is 2.00. The quantitative estimate of drug-likeness (QED) is 0.537. The van der Waals surface area contributed by atoms with E-state index in [1.165, 1.54) is 30.4 Å². The highest BCUT2D eigenvalue weighted by Crippen LogP contribution is 2.34. The molecule has 0 saturated carbocycles. The first-order valence-corrected chi connectivity index (χ1v) is 7.08. The van der Waals surface area contributed by atoms with Crippen LogP contribution in [0.5, 0.6) is 5.75 Å². The SMILES string of the molecule is CCCCCC(Cl)c1ccc2c(c1)CC(C)O2. The van der Waals surface area contributed by atoms with Crippen molar-refractivity contribution in [1.29, 1.82) is 0 Å². The number of hydrogen-bond acceptors (Lipinski definition) is 1. The fourth-order valence-corrected chi connectivity index (χ4v) is 2.67. The Morgan fingerprint density at radius 2 is 2.24 bits per heavy atom. The topological polar surface area (TPSA) is 9.23 Å². The Kier molecular flexibility index (Phi) is 4.33. The zero-order valence-corrected chi connectivity index (χ0v) is 11.5. The number of rotatable bonds is 5. The normalized spacial score (nSPS) is 19.8. The zero-order valence-electron chi connectivity index (χ0n) is 10.7. The maximum atomic E-state index is 6.44. The van der Waals surface area contributed by atoms with Crippen LogP contribution in [0.15, 0.2) is 18.2 Å². The van der Waals surface area contributed by atoms with E-state index in [-0.39, 0.29) is 5.38 Å². The second kappa shape index (κ2) is 5.77. The van der Waals surface area contributed by atoms with E-state index in [1.807, 2.05) is 0 Å². The molecule has 0 radical (unpaired) electrons. The van der Waals surface area contributed by atoms with Crippen LogP contribution in [0.2, 0.25) is 0 Å². The lowest BCUT2D eigenvalue weighted by atomic mass is 10.0. The molecule has 17 heavy (non-hydrogen) atoms. The number of fused-ring (bicyclic) bond motifs is 1. The fourth-order valence-electron chi connectivity index (χ4n) is 2.38. The van der Waals surface area contributed by atoms with Gasteiger partial charge in [0, 0.05) is 6.42 Å². The van der Waals surface area contributed by atoms with Crippen molar-refractivity contribution in [3.8, 4) is 5.75 Å². The minimum absolute atomic E-state index is 0.155. The molecule has 1 heterocycles. The molecular formula is C15H21ClO. The van der Waals surface area contributed by atoms with Crippen LogP contribution in [0.3, 0.4) is 0 Å². The molecule has 0 aliphatic carbocycles. The molecule has 0 bridgehead atoms. The molecule has 1 nitrogen and oxygen atoms in total. The molecule has 0 N–H and O–H groups in total. The standard InChI is InChI=1S/C15H21ClO/c1-3-4-5-6-14(16)12-7-8-15-13(10-12)9-11(2)17-15/h7-8,10-11,14H,3-6,9H2,1-2H3. The van der Waals surface area contributed by atoms with Crippen LogP contribution in [0.25, 0.3) is 0 Å². The molecule has 0 saturated heterocycles. The van der Waals surface area contributed by atoms with Gasteiger partial charge in [-0.15, -0.1) is 11.6 Å². The Morgan fingerprint density at radius 1 is 1.41 bits per heavy atom. The summed E-state index contributed by atoms with van der Waals surface area (Å²) in [6.07, 6.45) is 6.14. The molecule has 0 spiro atoms. The Hall–Kier alpha value is -0.690. The molecule has 1 aromatic rings. The van der Waals surface area contributed by atoms with Crippen LogP contribution in [-0.4, -0.2) is 6.10 Å². The van der Waals surface area contributed by atoms with Crippen LogP contribution >= 0.6 is 11.6 Å². The molecule has 0 fully saturated rings. The molecule has 2 atom stereocenters. The summed E-state index contributed by atoms with van der Waals surface area (Å²) < 4.78 is 5.70. The Morgan fingerprint density at radius 3 is 3.00 bits per heavy atom. The summed E-state index contributed by atoms with van der Waals surface area (Å²) in [5.41, 5.74) is 2.57. The van der Waals surface area contributed by atoms with Crippen LogP contribution in [0, 0.1) is 0 Å². The van der Waals surface area contributed by atoms with Gasteiger partial charge in [-0.25, -0.2) is 0 Å². The lowest BCUT2D eigenvalue weighted by Gasteiger charge is -2.10. The summed E-state index contributed by atoms with van der Waals surface area (Å²) in [5, 5.41) is 0.155. The van der Waals surface area contributed by atoms with Crippen molar-refractivity contribution >= 4 is 11.6 Å². The summed E-state index contributed by atoms with van der Waals surface area (Å²) in [6.45, 7) is 4.33. The molecule has 2 unspecified atom stereocenters. The zero-order chi connectivity index (χ0) is 12.3. The average molecular weight is 253 g/mol. The van der Waals surface area contributed by atoms with E-state index in [0.717, 1.165) is 18.6 Å². The van der Waals surface area contributed by atoms with E-state index < -0.39 is 0 Å². The third-order valence-corrected chi connectivity index (χ3v) is 3.81. The van der Waals surface area contributed by atoms with E-state index in [2.05, 4.69) is 32.0 Å². The van der Waals surface area contributed by atoms with E-state index in [9.17, 15) is 0 Å². The fraction of sp³-hybridized carbons (Fsp3) is 0.600. The van der Waals surface area contributed by atoms with Gasteiger partial charge in [-0.3, -0.25) is 0 Å². The summed E-state index contributed by atoms with van der Waals surface area (Å²) in [6, 6.07) is 6.41. The second-order valence-corrected chi connectivity index (χ2v) is 5.49. The molecular weight excluding hydrogens is 232 g/mol. The van der Waals surface area contributed by atoms with Crippen LogP contribution < -0.4 is 4.74 Å². The smallest absolute Gasteiger partial charge is 0.123 e. The van der Waals surface area contributed by atoms with Gasteiger partial charge in [-0.05, 0) is 30.5 Å². The second-order valence-electron chi connectivity index (χ2n) is 4.96. The predicted octanol–water partition coefficient (Wildman–Crippen LogP) is 4.87. The van der Waals surface area contributed by atoms with Crippen molar-refractivity contribution in [2.45, 2.75) is 57.4 Å². The highest BCUT2D eigenvalue weighted by Gasteiger charge is 2.20. The molecule has 1 aliphatic rings. The number of benzene rings is 1. The van der Waals surface area contributed by atoms with Crippen molar-refractivity contribution in [2.24, 2.45) is 0 Å². The Bertz CT molecular complexity index is 375. The molecule has 94 valence electrons. The lowest BCUT2D eigenvalue weighted by molar-refractivity contribution is 0.254. The van der Waals surface area contributed by atoms with Gasteiger partial charge in [0.2, 0.25) is 0 Å². The molecule has 0 amide bonds. The number of alkyl halides is 1. The van der Waals surface area contributed by atoms with E-state index in [1.54, 1.807) is 0 Å². The van der Waals surface area contributed by atoms with Gasteiger partial charge in [-0.2, -0.15) is 0 Å². The predicted molar refractivity (Wildman–Crippen MR) is 73.0 cm³/mol. The summed E-state index contributed by atoms with van der Waals surface area (Å²) in [5.74, 6) is 1.04. The molecule has 2 rings (SSSR count). The van der Waals surface area contributed by atoms with Crippen molar-refractivity contribution in [3.63, 3.8) is 0 Å². The van der Waals surface area contributed by atoms with E-state index in [0.29, 0.717) is 6.10 Å². The third kappa shape index (κ3) is 3.16. The van der Waals surface area contributed by atoms with Crippen molar-refractivity contribution < 1.29 is 4.74 Å². The first-order chi connectivity index (χ1) is 8.20.